The lowest BCUT2D eigenvalue weighted by Crippen LogP contribution is -2.81. The largest absolute Gasteiger partial charge is 0.484 e. The van der Waals surface area contributed by atoms with Crippen molar-refractivity contribution in [3.8, 4) is 5.75 Å². The minimum Gasteiger partial charge on any atom is -0.484 e. The Balaban J connectivity index is 1.32. The maximum absolute atomic E-state index is 12.6. The van der Waals surface area contributed by atoms with Gasteiger partial charge in [-0.2, -0.15) is 18.3 Å². The van der Waals surface area contributed by atoms with Crippen LogP contribution in [0.5, 0.6) is 5.75 Å². The van der Waals surface area contributed by atoms with Crippen LogP contribution in [0.15, 0.2) is 29.2 Å². The Morgan fingerprint density at radius 2 is 1.91 bits per heavy atom. The third-order valence-corrected chi connectivity index (χ3v) is 6.36. The number of hydrogen-bond acceptors (Lipinski definition) is 5. The third-order valence-electron chi connectivity index (χ3n) is 5.65. The highest BCUT2D eigenvalue weighted by Gasteiger charge is 2.69. The molecule has 1 amide bonds. The van der Waals surface area contributed by atoms with E-state index in [9.17, 15) is 22.8 Å². The first kappa shape index (κ1) is 22.7. The second-order valence-electron chi connectivity index (χ2n) is 8.41. The fourth-order valence-corrected chi connectivity index (χ4v) is 4.66. The van der Waals surface area contributed by atoms with E-state index in [1.807, 2.05) is 6.92 Å². The number of amides is 1. The van der Waals surface area contributed by atoms with E-state index in [1.165, 1.54) is 0 Å². The minimum absolute atomic E-state index is 0.0529. The number of carbonyl (C=O) groups is 1. The van der Waals surface area contributed by atoms with Gasteiger partial charge in [0.25, 0.3) is 11.5 Å². The van der Waals surface area contributed by atoms with Gasteiger partial charge in [0.05, 0.1) is 11.2 Å². The molecule has 7 nitrogen and oxygen atoms in total. The first-order valence-electron chi connectivity index (χ1n) is 9.70. The average molecular weight is 491 g/mol. The zero-order chi connectivity index (χ0) is 23.3. The molecule has 32 heavy (non-hydrogen) atoms. The molecule has 3 aliphatic carbocycles. The summed E-state index contributed by atoms with van der Waals surface area (Å²) in [6.07, 6.45) is -2.02. The Kier molecular flexibility index (Phi) is 5.57. The first-order chi connectivity index (χ1) is 14.9. The van der Waals surface area contributed by atoms with Crippen LogP contribution in [0.1, 0.15) is 24.8 Å². The molecule has 1 aromatic heterocycles. The van der Waals surface area contributed by atoms with Gasteiger partial charge in [-0.15, -0.1) is 0 Å². The predicted molar refractivity (Wildman–Crippen MR) is 112 cm³/mol. The molecule has 172 valence electrons. The number of hydrogen-bond donors (Lipinski definition) is 2. The summed E-state index contributed by atoms with van der Waals surface area (Å²) >= 11 is 12.0. The molecule has 1 heterocycles. The van der Waals surface area contributed by atoms with Crippen molar-refractivity contribution in [2.24, 2.45) is 0 Å². The number of anilines is 1. The normalized spacial score (nSPS) is 23.7. The molecule has 3 fully saturated rings. The molecule has 0 radical (unpaired) electrons. The molecule has 0 aliphatic heterocycles. The number of alkyl halides is 3. The third kappa shape index (κ3) is 4.52. The number of aromatic nitrogens is 2. The molecule has 1 aromatic carbocycles. The lowest BCUT2D eigenvalue weighted by Gasteiger charge is -2.70. The van der Waals surface area contributed by atoms with E-state index >= 15 is 0 Å². The number of carbonyl (C=O) groups excluding carboxylic acids is 1. The number of rotatable bonds is 7. The van der Waals surface area contributed by atoms with Crippen molar-refractivity contribution in [2.45, 2.75) is 50.0 Å². The van der Waals surface area contributed by atoms with Crippen LogP contribution in [-0.4, -0.2) is 39.5 Å². The van der Waals surface area contributed by atoms with Gasteiger partial charge in [0.2, 0.25) is 0 Å². The molecule has 0 unspecified atom stereocenters. The topological polar surface area (TPSA) is 85.2 Å². The molecule has 0 spiro atoms. The van der Waals surface area contributed by atoms with E-state index in [0.29, 0.717) is 34.7 Å². The second kappa shape index (κ2) is 7.84. The summed E-state index contributed by atoms with van der Waals surface area (Å²) in [5, 5.41) is 9.92. The van der Waals surface area contributed by atoms with Gasteiger partial charge in [-0.3, -0.25) is 9.59 Å². The molecule has 3 aliphatic rings. The number of nitrogens with one attached hydrogen (secondary N) is 2. The second-order valence-corrected chi connectivity index (χ2v) is 9.22. The summed E-state index contributed by atoms with van der Waals surface area (Å²) in [4.78, 5) is 24.7. The SMILES string of the molecule is Cc1cc(OCC(=O)NC23CC(Nc4c(Cl)cnn(CC(F)(F)F)c4=O)(C2)C3)ccc1Cl. The molecular weight excluding hydrogens is 472 g/mol. The predicted octanol–water partition coefficient (Wildman–Crippen LogP) is 3.70. The number of halogens is 5. The van der Waals surface area contributed by atoms with Crippen molar-refractivity contribution in [1.29, 1.82) is 0 Å². The summed E-state index contributed by atoms with van der Waals surface area (Å²) in [6.45, 7) is 0.163. The van der Waals surface area contributed by atoms with Crippen LogP contribution in [0.3, 0.4) is 0 Å². The Morgan fingerprint density at radius 3 is 2.53 bits per heavy atom. The van der Waals surface area contributed by atoms with E-state index in [0.717, 1.165) is 11.8 Å². The summed E-state index contributed by atoms with van der Waals surface area (Å²) < 4.78 is 43.8. The van der Waals surface area contributed by atoms with Gasteiger partial charge in [0.15, 0.2) is 6.61 Å². The van der Waals surface area contributed by atoms with Crippen molar-refractivity contribution in [2.75, 3.05) is 11.9 Å². The molecule has 2 N–H and O–H groups in total. The molecular formula is C20H19Cl2F3N4O3. The first-order valence-corrected chi connectivity index (χ1v) is 10.5. The lowest BCUT2D eigenvalue weighted by molar-refractivity contribution is -0.143. The van der Waals surface area contributed by atoms with Gasteiger partial charge >= 0.3 is 6.18 Å². The van der Waals surface area contributed by atoms with Crippen molar-refractivity contribution in [3.63, 3.8) is 0 Å². The maximum Gasteiger partial charge on any atom is 0.408 e. The standard InChI is InChI=1S/C20H19Cl2F3N4O3/c1-11-4-12(2-3-13(11)21)32-6-15(30)27-18-7-19(8-18,9-18)28-16-14(22)5-26-29(17(16)31)10-20(23,24)25/h2-5,28H,6-10H2,1H3,(H,27,30). The van der Waals surface area contributed by atoms with Crippen LogP contribution >= 0.6 is 23.2 Å². The van der Waals surface area contributed by atoms with E-state index < -0.39 is 29.4 Å². The summed E-state index contributed by atoms with van der Waals surface area (Å²) in [5.74, 6) is 0.237. The Labute approximate surface area is 190 Å². The van der Waals surface area contributed by atoms with Crippen molar-refractivity contribution < 1.29 is 22.7 Å². The average Bonchev–Trinajstić information content (AvgIpc) is 2.64. The van der Waals surface area contributed by atoms with Crippen molar-refractivity contribution in [3.05, 3.63) is 50.4 Å². The van der Waals surface area contributed by atoms with Gasteiger partial charge in [-0.25, -0.2) is 4.68 Å². The van der Waals surface area contributed by atoms with Crippen LogP contribution in [0.25, 0.3) is 0 Å². The Hall–Kier alpha value is -2.46. The fraction of sp³-hybridized carbons (Fsp3) is 0.450. The molecule has 12 heteroatoms. The van der Waals surface area contributed by atoms with E-state index in [4.69, 9.17) is 27.9 Å². The molecule has 2 bridgehead atoms. The number of ether oxygens (including phenoxy) is 1. The Morgan fingerprint density at radius 1 is 1.22 bits per heavy atom. The van der Waals surface area contributed by atoms with Gasteiger partial charge in [0.1, 0.15) is 18.0 Å². The summed E-state index contributed by atoms with van der Waals surface area (Å²) in [7, 11) is 0. The molecule has 2 aromatic rings. The number of benzene rings is 1. The zero-order valence-corrected chi connectivity index (χ0v) is 18.4. The van der Waals surface area contributed by atoms with Crippen molar-refractivity contribution >= 4 is 34.8 Å². The van der Waals surface area contributed by atoms with E-state index in [1.54, 1.807) is 18.2 Å². The van der Waals surface area contributed by atoms with Gasteiger partial charge in [-0.05, 0) is 49.9 Å². The summed E-state index contributed by atoms with van der Waals surface area (Å²) in [5.41, 5.74) is -1.15. The fourth-order valence-electron chi connectivity index (χ4n) is 4.37. The van der Waals surface area contributed by atoms with Crippen LogP contribution in [-0.2, 0) is 11.3 Å². The smallest absolute Gasteiger partial charge is 0.408 e. The monoisotopic (exact) mass is 490 g/mol. The van der Waals surface area contributed by atoms with Crippen LogP contribution in [0.4, 0.5) is 18.9 Å². The van der Waals surface area contributed by atoms with E-state index in [2.05, 4.69) is 15.7 Å². The maximum atomic E-state index is 12.6. The number of aryl methyl sites for hydroxylation is 1. The Bertz CT molecular complexity index is 1120. The van der Waals surface area contributed by atoms with Crippen LogP contribution < -0.4 is 20.9 Å². The minimum atomic E-state index is -4.58. The van der Waals surface area contributed by atoms with Crippen LogP contribution in [0.2, 0.25) is 10.0 Å². The molecule has 0 atom stereocenters. The lowest BCUT2D eigenvalue weighted by atomic mass is 9.44. The van der Waals surface area contributed by atoms with Gasteiger partial charge in [-0.1, -0.05) is 23.2 Å². The quantitative estimate of drug-likeness (QED) is 0.617. The van der Waals surface area contributed by atoms with Crippen LogP contribution in [0, 0.1) is 6.92 Å². The molecule has 5 rings (SSSR count). The highest BCUT2D eigenvalue weighted by atomic mass is 35.5. The number of nitrogens with zero attached hydrogens (tertiary/aromatic N) is 2. The van der Waals surface area contributed by atoms with E-state index in [-0.39, 0.29) is 23.2 Å². The van der Waals surface area contributed by atoms with Gasteiger partial charge < -0.3 is 15.4 Å². The zero-order valence-electron chi connectivity index (χ0n) is 16.9. The van der Waals surface area contributed by atoms with Crippen molar-refractivity contribution in [1.82, 2.24) is 15.1 Å². The van der Waals surface area contributed by atoms with Gasteiger partial charge in [0, 0.05) is 16.1 Å². The molecule has 0 saturated heterocycles. The molecule has 3 saturated carbocycles. The highest BCUT2D eigenvalue weighted by molar-refractivity contribution is 6.33. The highest BCUT2D eigenvalue weighted by Crippen LogP contribution is 2.61. The summed E-state index contributed by atoms with van der Waals surface area (Å²) in [6, 6.07) is 5.10.